The minimum atomic E-state index is -2.99. The van der Waals surface area contributed by atoms with Crippen molar-refractivity contribution in [3.8, 4) is 0 Å². The zero-order chi connectivity index (χ0) is 10.1. The third-order valence-corrected chi connectivity index (χ3v) is 2.42. The van der Waals surface area contributed by atoms with Gasteiger partial charge in [0.05, 0.1) is 5.92 Å². The average Bonchev–Trinajstić information content (AvgIpc) is 2.03. The van der Waals surface area contributed by atoms with Gasteiger partial charge >= 0.3 is 0 Å². The molecule has 2 atom stereocenters. The van der Waals surface area contributed by atoms with Crippen LogP contribution in [0.25, 0.3) is 0 Å². The zero-order valence-electron chi connectivity index (χ0n) is 7.30. The summed E-state index contributed by atoms with van der Waals surface area (Å²) in [6.45, 7) is 0.731. The average molecular weight is 191 g/mol. The van der Waals surface area contributed by atoms with Gasteiger partial charge in [-0.2, -0.15) is 4.91 Å². The first-order valence-electron chi connectivity index (χ1n) is 4.17. The quantitative estimate of drug-likeness (QED) is 0.628. The molecule has 0 aromatic carbocycles. The molecule has 1 fully saturated rings. The Kier molecular flexibility index (Phi) is 2.73. The maximum absolute atomic E-state index is 12.9. The Hall–Kier alpha value is -0.870. The van der Waals surface area contributed by atoms with E-state index in [1.165, 1.54) is 0 Å². The van der Waals surface area contributed by atoms with Crippen molar-refractivity contribution in [3.05, 3.63) is 4.91 Å². The number of nitroso groups, excluding NO2 is 1. The Labute approximate surface area is 74.5 Å². The van der Waals surface area contributed by atoms with Gasteiger partial charge < -0.3 is 0 Å². The molecule has 0 heterocycles. The number of nitrogens with zero attached hydrogens (tertiary/aromatic N) is 1. The number of carbonyl (C=O) groups is 1. The minimum absolute atomic E-state index is 0.163. The Morgan fingerprint density at radius 1 is 1.54 bits per heavy atom. The van der Waals surface area contributed by atoms with E-state index in [1.54, 1.807) is 0 Å². The van der Waals surface area contributed by atoms with E-state index in [4.69, 9.17) is 0 Å². The number of rotatable bonds is 2. The highest BCUT2D eigenvalue weighted by Crippen LogP contribution is 2.36. The van der Waals surface area contributed by atoms with E-state index in [0.717, 1.165) is 6.92 Å². The molecule has 3 nitrogen and oxygen atoms in total. The third-order valence-electron chi connectivity index (χ3n) is 2.42. The molecule has 1 aliphatic carbocycles. The molecule has 1 rings (SSSR count). The molecule has 0 aromatic heterocycles. The molecule has 0 saturated heterocycles. The lowest BCUT2D eigenvalue weighted by Gasteiger charge is -2.29. The lowest BCUT2D eigenvalue weighted by atomic mass is 9.81. The summed E-state index contributed by atoms with van der Waals surface area (Å²) in [5, 5.41) is 2.65. The van der Waals surface area contributed by atoms with Gasteiger partial charge in [-0.25, -0.2) is 8.78 Å². The predicted octanol–water partition coefficient (Wildman–Crippen LogP) is 2.15. The van der Waals surface area contributed by atoms with Gasteiger partial charge in [0.15, 0.2) is 0 Å². The second-order valence-electron chi connectivity index (χ2n) is 3.52. The normalized spacial score (nSPS) is 30.2. The van der Waals surface area contributed by atoms with E-state index in [2.05, 4.69) is 5.18 Å². The van der Waals surface area contributed by atoms with Crippen molar-refractivity contribution in [1.29, 1.82) is 0 Å². The number of ketones is 1. The lowest BCUT2D eigenvalue weighted by Crippen LogP contribution is -2.39. The first kappa shape index (κ1) is 10.2. The molecule has 1 saturated carbocycles. The minimum Gasteiger partial charge on any atom is -0.300 e. The second-order valence-corrected chi connectivity index (χ2v) is 3.52. The van der Waals surface area contributed by atoms with Crippen LogP contribution >= 0.6 is 0 Å². The van der Waals surface area contributed by atoms with Gasteiger partial charge in [0.1, 0.15) is 11.8 Å². The number of hydrogen-bond acceptors (Lipinski definition) is 3. The molecule has 5 heteroatoms. The molecule has 13 heavy (non-hydrogen) atoms. The molecule has 0 radical (unpaired) electrons. The van der Waals surface area contributed by atoms with Crippen LogP contribution < -0.4 is 0 Å². The summed E-state index contributed by atoms with van der Waals surface area (Å²) in [7, 11) is 0. The first-order chi connectivity index (χ1) is 5.95. The van der Waals surface area contributed by atoms with Crippen molar-refractivity contribution in [2.75, 3.05) is 0 Å². The number of carbonyl (C=O) groups excluding carboxylic acids is 1. The van der Waals surface area contributed by atoms with Crippen LogP contribution in [0.4, 0.5) is 8.78 Å². The van der Waals surface area contributed by atoms with Crippen LogP contribution in [0.1, 0.15) is 26.2 Å². The SMILES string of the molecule is CC(F)(F)C1CC(=O)CCC1N=O. The summed E-state index contributed by atoms with van der Waals surface area (Å²) in [6.07, 6.45) is 0.138. The molecule has 2 unspecified atom stereocenters. The van der Waals surface area contributed by atoms with Gasteiger partial charge in [0, 0.05) is 12.8 Å². The Morgan fingerprint density at radius 3 is 2.62 bits per heavy atom. The summed E-state index contributed by atoms with van der Waals surface area (Å²) in [5.74, 6) is -4.40. The van der Waals surface area contributed by atoms with Crippen LogP contribution in [-0.4, -0.2) is 17.7 Å². The van der Waals surface area contributed by atoms with Crippen molar-refractivity contribution < 1.29 is 13.6 Å². The predicted molar refractivity (Wildman–Crippen MR) is 42.6 cm³/mol. The summed E-state index contributed by atoms with van der Waals surface area (Å²) in [5.41, 5.74) is 0. The largest absolute Gasteiger partial charge is 0.300 e. The molecule has 0 aliphatic heterocycles. The fraction of sp³-hybridized carbons (Fsp3) is 0.875. The number of Topliss-reactive ketones (excluding diaryl/α,β-unsaturated/α-hetero) is 1. The van der Waals surface area contributed by atoms with E-state index >= 15 is 0 Å². The van der Waals surface area contributed by atoms with Gasteiger partial charge in [0.25, 0.3) is 5.92 Å². The maximum Gasteiger partial charge on any atom is 0.250 e. The Bertz CT molecular complexity index is 225. The van der Waals surface area contributed by atoms with Crippen LogP contribution in [0.15, 0.2) is 5.18 Å². The van der Waals surface area contributed by atoms with Gasteiger partial charge in [-0.3, -0.25) is 4.79 Å². The van der Waals surface area contributed by atoms with Crippen molar-refractivity contribution in [3.63, 3.8) is 0 Å². The fourth-order valence-corrected chi connectivity index (χ4v) is 1.64. The monoisotopic (exact) mass is 191 g/mol. The molecule has 0 N–H and O–H groups in total. The first-order valence-corrected chi connectivity index (χ1v) is 4.17. The Morgan fingerprint density at radius 2 is 2.15 bits per heavy atom. The van der Waals surface area contributed by atoms with Crippen LogP contribution in [0.3, 0.4) is 0 Å². The van der Waals surface area contributed by atoms with E-state index in [-0.39, 0.29) is 25.0 Å². The molecular weight excluding hydrogens is 180 g/mol. The van der Waals surface area contributed by atoms with Gasteiger partial charge in [-0.05, 0) is 13.3 Å². The number of alkyl halides is 2. The molecule has 0 aromatic rings. The zero-order valence-corrected chi connectivity index (χ0v) is 7.30. The van der Waals surface area contributed by atoms with Crippen molar-refractivity contribution >= 4 is 5.78 Å². The topological polar surface area (TPSA) is 46.5 Å². The summed E-state index contributed by atoms with van der Waals surface area (Å²) in [6, 6.07) is -0.905. The molecule has 1 aliphatic rings. The third kappa shape index (κ3) is 2.29. The van der Waals surface area contributed by atoms with E-state index in [9.17, 15) is 18.5 Å². The summed E-state index contributed by atoms with van der Waals surface area (Å²) >= 11 is 0. The molecule has 74 valence electrons. The summed E-state index contributed by atoms with van der Waals surface area (Å²) < 4.78 is 25.7. The second kappa shape index (κ2) is 3.47. The van der Waals surface area contributed by atoms with Crippen molar-refractivity contribution in [1.82, 2.24) is 0 Å². The smallest absolute Gasteiger partial charge is 0.250 e. The summed E-state index contributed by atoms with van der Waals surface area (Å²) in [4.78, 5) is 21.1. The molecule has 0 spiro atoms. The van der Waals surface area contributed by atoms with Crippen LogP contribution in [-0.2, 0) is 4.79 Å². The van der Waals surface area contributed by atoms with Gasteiger partial charge in [-0.15, -0.1) is 0 Å². The van der Waals surface area contributed by atoms with E-state index in [1.807, 2.05) is 0 Å². The highest BCUT2D eigenvalue weighted by molar-refractivity contribution is 5.79. The van der Waals surface area contributed by atoms with Crippen molar-refractivity contribution in [2.24, 2.45) is 11.1 Å². The highest BCUT2D eigenvalue weighted by atomic mass is 19.3. The van der Waals surface area contributed by atoms with Gasteiger partial charge in [-0.1, -0.05) is 5.18 Å². The van der Waals surface area contributed by atoms with Crippen LogP contribution in [0.5, 0.6) is 0 Å². The van der Waals surface area contributed by atoms with E-state index in [0.29, 0.717) is 0 Å². The van der Waals surface area contributed by atoms with Crippen LogP contribution in [0.2, 0.25) is 0 Å². The molecular formula is C8H11F2NO2. The van der Waals surface area contributed by atoms with Gasteiger partial charge in [0.2, 0.25) is 0 Å². The molecule has 0 amide bonds. The molecule has 0 bridgehead atoms. The van der Waals surface area contributed by atoms with Crippen molar-refractivity contribution in [2.45, 2.75) is 38.2 Å². The fourth-order valence-electron chi connectivity index (χ4n) is 1.64. The van der Waals surface area contributed by atoms with Crippen LogP contribution in [0, 0.1) is 10.8 Å². The number of halogens is 2. The maximum atomic E-state index is 12.9. The standard InChI is InChI=1S/C8H11F2NO2/c1-8(9,10)6-4-5(12)2-3-7(6)11-13/h6-7H,2-4H2,1H3. The van der Waals surface area contributed by atoms with E-state index < -0.39 is 17.9 Å². The highest BCUT2D eigenvalue weighted by Gasteiger charge is 2.44. The number of hydrogen-bond donors (Lipinski definition) is 0. The Balaban J connectivity index is 2.76. The lowest BCUT2D eigenvalue weighted by molar-refractivity contribution is -0.129.